The van der Waals surface area contributed by atoms with Crippen LogP contribution in [-0.2, 0) is 6.54 Å². The van der Waals surface area contributed by atoms with Crippen LogP contribution in [0.2, 0.25) is 0 Å². The van der Waals surface area contributed by atoms with Crippen molar-refractivity contribution in [2.75, 3.05) is 0 Å². The Bertz CT molecular complexity index is 829. The number of nitrogens with zero attached hydrogens (tertiary/aromatic N) is 3. The molecule has 0 unspecified atom stereocenters. The van der Waals surface area contributed by atoms with Gasteiger partial charge in [0, 0.05) is 18.2 Å². The minimum Gasteiger partial charge on any atom is -0.335 e. The highest BCUT2D eigenvalue weighted by Gasteiger charge is 2.39. The van der Waals surface area contributed by atoms with E-state index in [2.05, 4.69) is 33.0 Å². The summed E-state index contributed by atoms with van der Waals surface area (Å²) >= 11 is 0. The van der Waals surface area contributed by atoms with Gasteiger partial charge in [0.25, 0.3) is 0 Å². The third-order valence-electron chi connectivity index (χ3n) is 4.13. The van der Waals surface area contributed by atoms with Gasteiger partial charge < -0.3 is 10.6 Å². The number of hydrogen-bond acceptors (Lipinski definition) is 3. The number of pyridine rings is 1. The van der Waals surface area contributed by atoms with Crippen LogP contribution in [0.5, 0.6) is 0 Å². The molecule has 0 bridgehead atoms. The van der Waals surface area contributed by atoms with Crippen LogP contribution in [0.15, 0.2) is 54.7 Å². The molecule has 6 nitrogen and oxygen atoms in total. The minimum absolute atomic E-state index is 0.166. The Hall–Kier alpha value is -2.89. The van der Waals surface area contributed by atoms with Gasteiger partial charge in [0.1, 0.15) is 0 Å². The summed E-state index contributed by atoms with van der Waals surface area (Å²) in [5, 5.41) is 14.0. The van der Waals surface area contributed by atoms with E-state index in [1.54, 1.807) is 0 Å². The number of aromatic nitrogens is 3. The second kappa shape index (κ2) is 5.72. The standard InChI is InChI=1S/C17H17N5O/c23-17(19-14-10-13(14)12-6-2-1-3-7-12)18-11-16-21-20-15-8-4-5-9-22(15)16/h1-9,13-14H,10-11H2,(H2,18,19,23)/t13-,14-/m1/s1. The fourth-order valence-electron chi connectivity index (χ4n) is 2.81. The number of fused-ring (bicyclic) bond motifs is 1. The van der Waals surface area contributed by atoms with Crippen LogP contribution >= 0.6 is 0 Å². The Kier molecular flexibility index (Phi) is 3.42. The van der Waals surface area contributed by atoms with Gasteiger partial charge in [-0.1, -0.05) is 36.4 Å². The number of urea groups is 1. The molecule has 2 aromatic heterocycles. The summed E-state index contributed by atoms with van der Waals surface area (Å²) in [6.45, 7) is 0.347. The summed E-state index contributed by atoms with van der Waals surface area (Å²) in [5.41, 5.74) is 2.05. The summed E-state index contributed by atoms with van der Waals surface area (Å²) in [6.07, 6.45) is 2.88. The molecular weight excluding hydrogens is 290 g/mol. The number of nitrogens with one attached hydrogen (secondary N) is 2. The van der Waals surface area contributed by atoms with Gasteiger partial charge in [0.2, 0.25) is 0 Å². The molecule has 3 aromatic rings. The van der Waals surface area contributed by atoms with E-state index in [0.29, 0.717) is 18.3 Å². The van der Waals surface area contributed by atoms with Crippen LogP contribution in [0.3, 0.4) is 0 Å². The molecule has 1 aromatic carbocycles. The lowest BCUT2D eigenvalue weighted by Gasteiger charge is -2.06. The summed E-state index contributed by atoms with van der Waals surface area (Å²) in [5.74, 6) is 1.14. The molecule has 2 N–H and O–H groups in total. The van der Waals surface area contributed by atoms with Crippen molar-refractivity contribution in [2.24, 2.45) is 0 Å². The summed E-state index contributed by atoms with van der Waals surface area (Å²) in [7, 11) is 0. The molecule has 2 atom stereocenters. The third-order valence-corrected chi connectivity index (χ3v) is 4.13. The van der Waals surface area contributed by atoms with Gasteiger partial charge in [-0.2, -0.15) is 0 Å². The van der Waals surface area contributed by atoms with Gasteiger partial charge >= 0.3 is 6.03 Å². The maximum atomic E-state index is 12.0. The van der Waals surface area contributed by atoms with Crippen molar-refractivity contribution < 1.29 is 4.79 Å². The van der Waals surface area contributed by atoms with Gasteiger partial charge in [-0.05, 0) is 24.1 Å². The molecule has 4 rings (SSSR count). The Morgan fingerprint density at radius 3 is 2.83 bits per heavy atom. The molecule has 0 saturated heterocycles. The number of rotatable bonds is 4. The second-order valence-electron chi connectivity index (χ2n) is 5.73. The Morgan fingerprint density at radius 1 is 1.13 bits per heavy atom. The Balaban J connectivity index is 1.31. The third kappa shape index (κ3) is 2.88. The van der Waals surface area contributed by atoms with Crippen molar-refractivity contribution in [3.8, 4) is 0 Å². The first-order valence-electron chi connectivity index (χ1n) is 7.69. The number of amides is 2. The largest absolute Gasteiger partial charge is 0.335 e. The van der Waals surface area contributed by atoms with E-state index >= 15 is 0 Å². The quantitative estimate of drug-likeness (QED) is 0.775. The van der Waals surface area contributed by atoms with E-state index in [9.17, 15) is 4.79 Å². The fraction of sp³-hybridized carbons (Fsp3) is 0.235. The number of carbonyl (C=O) groups is 1. The van der Waals surface area contributed by atoms with Crippen molar-refractivity contribution in [3.63, 3.8) is 0 Å². The maximum Gasteiger partial charge on any atom is 0.315 e. The fourth-order valence-corrected chi connectivity index (χ4v) is 2.81. The highest BCUT2D eigenvalue weighted by Crippen LogP contribution is 2.40. The molecule has 0 aliphatic heterocycles. The Labute approximate surface area is 133 Å². The average molecular weight is 307 g/mol. The molecular formula is C17H17N5O. The lowest BCUT2D eigenvalue weighted by atomic mass is 10.1. The van der Waals surface area contributed by atoms with E-state index in [1.165, 1.54) is 5.56 Å². The van der Waals surface area contributed by atoms with Gasteiger partial charge in [-0.3, -0.25) is 4.40 Å². The maximum absolute atomic E-state index is 12.0. The van der Waals surface area contributed by atoms with E-state index in [0.717, 1.165) is 12.1 Å². The molecule has 116 valence electrons. The predicted molar refractivity (Wildman–Crippen MR) is 85.9 cm³/mol. The van der Waals surface area contributed by atoms with Crippen molar-refractivity contribution in [3.05, 3.63) is 66.1 Å². The van der Waals surface area contributed by atoms with Gasteiger partial charge in [-0.25, -0.2) is 4.79 Å². The van der Waals surface area contributed by atoms with E-state index in [-0.39, 0.29) is 12.1 Å². The minimum atomic E-state index is -0.166. The molecule has 1 saturated carbocycles. The summed E-state index contributed by atoms with van der Waals surface area (Å²) in [4.78, 5) is 12.0. The zero-order valence-electron chi connectivity index (χ0n) is 12.5. The zero-order valence-corrected chi connectivity index (χ0v) is 12.5. The van der Waals surface area contributed by atoms with Crippen LogP contribution in [0.25, 0.3) is 5.65 Å². The van der Waals surface area contributed by atoms with Crippen LogP contribution in [0.1, 0.15) is 23.7 Å². The van der Waals surface area contributed by atoms with Crippen molar-refractivity contribution in [2.45, 2.75) is 24.9 Å². The zero-order chi connectivity index (χ0) is 15.6. The van der Waals surface area contributed by atoms with Gasteiger partial charge in [-0.15, -0.1) is 10.2 Å². The van der Waals surface area contributed by atoms with Crippen molar-refractivity contribution in [1.29, 1.82) is 0 Å². The number of benzene rings is 1. The van der Waals surface area contributed by atoms with E-state index < -0.39 is 0 Å². The van der Waals surface area contributed by atoms with Crippen LogP contribution in [0.4, 0.5) is 4.79 Å². The Morgan fingerprint density at radius 2 is 1.96 bits per heavy atom. The highest BCUT2D eigenvalue weighted by molar-refractivity contribution is 5.74. The molecule has 23 heavy (non-hydrogen) atoms. The van der Waals surface area contributed by atoms with Crippen LogP contribution in [-0.4, -0.2) is 26.7 Å². The molecule has 1 aliphatic carbocycles. The highest BCUT2D eigenvalue weighted by atomic mass is 16.2. The monoisotopic (exact) mass is 307 g/mol. The van der Waals surface area contributed by atoms with Crippen molar-refractivity contribution >= 4 is 11.7 Å². The predicted octanol–water partition coefficient (Wildman–Crippen LogP) is 2.08. The first kappa shape index (κ1) is 13.8. The van der Waals surface area contributed by atoms with Crippen LogP contribution < -0.4 is 10.6 Å². The molecule has 1 aliphatic rings. The SMILES string of the molecule is O=C(NCc1nnc2ccccn12)N[C@@H]1C[C@@H]1c1ccccc1. The van der Waals surface area contributed by atoms with Gasteiger partial charge in [0.05, 0.1) is 6.54 Å². The number of hydrogen-bond donors (Lipinski definition) is 2. The molecule has 6 heteroatoms. The smallest absolute Gasteiger partial charge is 0.315 e. The molecule has 0 spiro atoms. The van der Waals surface area contributed by atoms with Crippen molar-refractivity contribution in [1.82, 2.24) is 25.2 Å². The molecule has 0 radical (unpaired) electrons. The number of carbonyl (C=O) groups excluding carboxylic acids is 1. The van der Waals surface area contributed by atoms with Gasteiger partial charge in [0.15, 0.2) is 11.5 Å². The van der Waals surface area contributed by atoms with E-state index in [1.807, 2.05) is 47.0 Å². The average Bonchev–Trinajstić information content (AvgIpc) is 3.23. The normalized spacial score (nSPS) is 19.5. The first-order chi connectivity index (χ1) is 11.3. The van der Waals surface area contributed by atoms with Crippen LogP contribution in [0, 0.1) is 0 Å². The lowest BCUT2D eigenvalue weighted by Crippen LogP contribution is -2.37. The van der Waals surface area contributed by atoms with E-state index in [4.69, 9.17) is 0 Å². The molecule has 2 heterocycles. The topological polar surface area (TPSA) is 71.3 Å². The second-order valence-corrected chi connectivity index (χ2v) is 5.73. The first-order valence-corrected chi connectivity index (χ1v) is 7.69. The molecule has 1 fully saturated rings. The summed E-state index contributed by atoms with van der Waals surface area (Å²) < 4.78 is 1.87. The molecule has 2 amide bonds. The lowest BCUT2D eigenvalue weighted by molar-refractivity contribution is 0.239. The summed E-state index contributed by atoms with van der Waals surface area (Å²) in [6, 6.07) is 16.0.